The topological polar surface area (TPSA) is 37.4 Å². The van der Waals surface area contributed by atoms with E-state index in [0.29, 0.717) is 5.69 Å². The van der Waals surface area contributed by atoms with E-state index in [4.69, 9.17) is 0 Å². The zero-order valence-corrected chi connectivity index (χ0v) is 14.7. The number of carbonyl (C=O) groups is 2. The number of amides is 2. The first-order valence-corrected chi connectivity index (χ1v) is 7.85. The number of imide groups is 1. The van der Waals surface area contributed by atoms with E-state index in [1.807, 2.05) is 36.4 Å². The summed E-state index contributed by atoms with van der Waals surface area (Å²) in [6.45, 7) is 2.77. The molecule has 5 heteroatoms. The summed E-state index contributed by atoms with van der Waals surface area (Å²) in [5, 5.41) is 0. The highest BCUT2D eigenvalue weighted by Crippen LogP contribution is 2.34. The Hall–Kier alpha value is -1.46. The summed E-state index contributed by atoms with van der Waals surface area (Å²) in [6, 6.07) is 13.2. The van der Waals surface area contributed by atoms with Crippen molar-refractivity contribution >= 4 is 49.4 Å². The van der Waals surface area contributed by atoms with Crippen LogP contribution in [0, 0.1) is 0 Å². The Bertz CT molecular complexity index is 699. The van der Waals surface area contributed by atoms with E-state index >= 15 is 0 Å². The minimum absolute atomic E-state index is 0.305. The fourth-order valence-electron chi connectivity index (χ4n) is 2.15. The number of carbonyl (C=O) groups excluding carboxylic acids is 2. The van der Waals surface area contributed by atoms with Crippen molar-refractivity contribution in [2.24, 2.45) is 0 Å². The molecule has 0 aliphatic rings. The predicted molar refractivity (Wildman–Crippen MR) is 91.1 cm³/mol. The third kappa shape index (κ3) is 3.60. The first-order valence-electron chi connectivity index (χ1n) is 6.27. The van der Waals surface area contributed by atoms with E-state index in [1.165, 1.54) is 18.7 Å². The average molecular weight is 411 g/mol. The first kappa shape index (κ1) is 15.9. The highest BCUT2D eigenvalue weighted by Gasteiger charge is 2.20. The van der Waals surface area contributed by atoms with Gasteiger partial charge in [-0.3, -0.25) is 14.5 Å². The Labute approximate surface area is 140 Å². The molecule has 108 valence electrons. The van der Waals surface area contributed by atoms with Crippen LogP contribution in [0.15, 0.2) is 51.4 Å². The third-order valence-corrected chi connectivity index (χ3v) is 3.95. The van der Waals surface area contributed by atoms with Gasteiger partial charge in [-0.25, -0.2) is 0 Å². The molecule has 0 saturated carbocycles. The van der Waals surface area contributed by atoms with E-state index in [1.54, 1.807) is 6.07 Å². The van der Waals surface area contributed by atoms with Gasteiger partial charge in [0.2, 0.25) is 11.8 Å². The van der Waals surface area contributed by atoms with Gasteiger partial charge in [0.15, 0.2) is 0 Å². The van der Waals surface area contributed by atoms with Crippen molar-refractivity contribution in [3.05, 3.63) is 51.4 Å². The summed E-state index contributed by atoms with van der Waals surface area (Å²) in [7, 11) is 0. The Kier molecular flexibility index (Phi) is 4.96. The lowest BCUT2D eigenvalue weighted by molar-refractivity contribution is -0.124. The molecular formula is C16H13Br2NO2. The highest BCUT2D eigenvalue weighted by atomic mass is 79.9. The maximum absolute atomic E-state index is 11.8. The number of hydrogen-bond donors (Lipinski definition) is 0. The van der Waals surface area contributed by atoms with E-state index in [9.17, 15) is 9.59 Å². The molecule has 21 heavy (non-hydrogen) atoms. The van der Waals surface area contributed by atoms with Crippen LogP contribution < -0.4 is 4.90 Å². The number of rotatable bonds is 2. The van der Waals surface area contributed by atoms with E-state index in [0.717, 1.165) is 20.1 Å². The van der Waals surface area contributed by atoms with Gasteiger partial charge in [0.25, 0.3) is 0 Å². The Morgan fingerprint density at radius 1 is 0.905 bits per heavy atom. The second-order valence-corrected chi connectivity index (χ2v) is 6.38. The maximum Gasteiger partial charge on any atom is 0.230 e. The SMILES string of the molecule is CC(=O)N(C(C)=O)c1ccc(Br)cc1-c1cccc(Br)c1. The second kappa shape index (κ2) is 6.54. The van der Waals surface area contributed by atoms with Crippen molar-refractivity contribution in [2.45, 2.75) is 13.8 Å². The van der Waals surface area contributed by atoms with E-state index in [-0.39, 0.29) is 11.8 Å². The van der Waals surface area contributed by atoms with Crippen molar-refractivity contribution in [1.29, 1.82) is 0 Å². The highest BCUT2D eigenvalue weighted by molar-refractivity contribution is 9.10. The molecule has 0 aromatic heterocycles. The molecule has 0 fully saturated rings. The van der Waals surface area contributed by atoms with E-state index in [2.05, 4.69) is 31.9 Å². The number of halogens is 2. The van der Waals surface area contributed by atoms with E-state index < -0.39 is 0 Å². The Balaban J connectivity index is 2.68. The molecule has 2 aromatic carbocycles. The standard InChI is InChI=1S/C16H13Br2NO2/c1-10(20)19(11(2)21)16-7-6-14(18)9-15(16)12-4-3-5-13(17)8-12/h3-9H,1-2H3. The van der Waals surface area contributed by atoms with Gasteiger partial charge >= 0.3 is 0 Å². The third-order valence-electron chi connectivity index (χ3n) is 2.96. The van der Waals surface area contributed by atoms with Gasteiger partial charge in [-0.15, -0.1) is 0 Å². The van der Waals surface area contributed by atoms with Crippen LogP contribution in [-0.2, 0) is 9.59 Å². The summed E-state index contributed by atoms with van der Waals surface area (Å²) in [6.07, 6.45) is 0. The first-order chi connectivity index (χ1) is 9.90. The second-order valence-electron chi connectivity index (χ2n) is 4.55. The molecule has 0 bridgehead atoms. The molecule has 0 aliphatic carbocycles. The van der Waals surface area contributed by atoms with Gasteiger partial charge in [0.05, 0.1) is 5.69 Å². The molecule has 0 saturated heterocycles. The molecule has 0 heterocycles. The summed E-state index contributed by atoms with van der Waals surface area (Å²) >= 11 is 6.87. The van der Waals surface area contributed by atoms with Crippen molar-refractivity contribution in [1.82, 2.24) is 0 Å². The number of benzene rings is 2. The lowest BCUT2D eigenvalue weighted by Crippen LogP contribution is -2.33. The van der Waals surface area contributed by atoms with Crippen LogP contribution >= 0.6 is 31.9 Å². The maximum atomic E-state index is 11.8. The molecule has 0 radical (unpaired) electrons. The minimum Gasteiger partial charge on any atom is -0.274 e. The van der Waals surface area contributed by atoms with Crippen LogP contribution in [0.2, 0.25) is 0 Å². The van der Waals surface area contributed by atoms with Gasteiger partial charge in [-0.05, 0) is 35.9 Å². The zero-order chi connectivity index (χ0) is 15.6. The van der Waals surface area contributed by atoms with Crippen LogP contribution in [0.1, 0.15) is 13.8 Å². The average Bonchev–Trinajstić information content (AvgIpc) is 2.39. The predicted octanol–water partition coefficient (Wildman–Crippen LogP) is 4.78. The summed E-state index contributed by atoms with van der Waals surface area (Å²) in [5.41, 5.74) is 2.32. The summed E-state index contributed by atoms with van der Waals surface area (Å²) < 4.78 is 1.82. The lowest BCUT2D eigenvalue weighted by Gasteiger charge is -2.21. The fraction of sp³-hybridized carbons (Fsp3) is 0.125. The van der Waals surface area contributed by atoms with Crippen molar-refractivity contribution in [3.63, 3.8) is 0 Å². The monoisotopic (exact) mass is 409 g/mol. The van der Waals surface area contributed by atoms with Gasteiger partial charge in [-0.2, -0.15) is 0 Å². The van der Waals surface area contributed by atoms with Crippen LogP contribution in [0.3, 0.4) is 0 Å². The molecule has 0 aliphatic heterocycles. The molecular weight excluding hydrogens is 398 g/mol. The Morgan fingerprint density at radius 3 is 2.10 bits per heavy atom. The number of hydrogen-bond acceptors (Lipinski definition) is 2. The molecule has 0 unspecified atom stereocenters. The zero-order valence-electron chi connectivity index (χ0n) is 11.6. The fourth-order valence-corrected chi connectivity index (χ4v) is 2.91. The van der Waals surface area contributed by atoms with Crippen LogP contribution in [0.4, 0.5) is 5.69 Å². The number of nitrogens with zero attached hydrogens (tertiary/aromatic N) is 1. The molecule has 2 amide bonds. The van der Waals surface area contributed by atoms with Gasteiger partial charge in [0.1, 0.15) is 0 Å². The molecule has 0 N–H and O–H groups in total. The lowest BCUT2D eigenvalue weighted by atomic mass is 10.0. The number of anilines is 1. The van der Waals surface area contributed by atoms with Gasteiger partial charge < -0.3 is 0 Å². The molecule has 2 aromatic rings. The van der Waals surface area contributed by atoms with Gasteiger partial charge in [0, 0.05) is 28.4 Å². The van der Waals surface area contributed by atoms with Crippen LogP contribution in [0.25, 0.3) is 11.1 Å². The normalized spacial score (nSPS) is 10.3. The summed E-state index contributed by atoms with van der Waals surface area (Å²) in [5.74, 6) is -0.609. The molecule has 0 atom stereocenters. The molecule has 2 rings (SSSR count). The van der Waals surface area contributed by atoms with Crippen molar-refractivity contribution in [2.75, 3.05) is 4.90 Å². The van der Waals surface area contributed by atoms with Gasteiger partial charge in [-0.1, -0.05) is 44.0 Å². The largest absolute Gasteiger partial charge is 0.274 e. The van der Waals surface area contributed by atoms with Crippen molar-refractivity contribution < 1.29 is 9.59 Å². The quantitative estimate of drug-likeness (QED) is 0.714. The van der Waals surface area contributed by atoms with Crippen LogP contribution in [0.5, 0.6) is 0 Å². The van der Waals surface area contributed by atoms with Crippen molar-refractivity contribution in [3.8, 4) is 11.1 Å². The van der Waals surface area contributed by atoms with Crippen LogP contribution in [-0.4, -0.2) is 11.8 Å². The smallest absolute Gasteiger partial charge is 0.230 e. The molecule has 0 spiro atoms. The summed E-state index contributed by atoms with van der Waals surface area (Å²) in [4.78, 5) is 24.8. The Morgan fingerprint density at radius 2 is 1.52 bits per heavy atom. The minimum atomic E-state index is -0.305. The molecule has 3 nitrogen and oxygen atoms in total.